The van der Waals surface area contributed by atoms with Crippen LogP contribution >= 0.6 is 15.9 Å². The van der Waals surface area contributed by atoms with Crippen molar-refractivity contribution in [1.82, 2.24) is 0 Å². The molecule has 0 aromatic heterocycles. The SMILES string of the molecule is CC(C)CC(CN)C(=O)Nc1cccc(Br)c1O. The van der Waals surface area contributed by atoms with Gasteiger partial charge in [-0.15, -0.1) is 0 Å². The number of carbonyl (C=O) groups is 1. The molecule has 0 aliphatic carbocycles. The maximum atomic E-state index is 12.0. The van der Waals surface area contributed by atoms with Crippen molar-refractivity contribution in [2.45, 2.75) is 20.3 Å². The monoisotopic (exact) mass is 314 g/mol. The van der Waals surface area contributed by atoms with Crippen LogP contribution in [-0.4, -0.2) is 17.6 Å². The smallest absolute Gasteiger partial charge is 0.228 e. The van der Waals surface area contributed by atoms with Crippen molar-refractivity contribution in [2.24, 2.45) is 17.6 Å². The van der Waals surface area contributed by atoms with Gasteiger partial charge in [-0.2, -0.15) is 0 Å². The van der Waals surface area contributed by atoms with Crippen LogP contribution in [0.1, 0.15) is 20.3 Å². The number of amides is 1. The predicted molar refractivity (Wildman–Crippen MR) is 76.4 cm³/mol. The third-order valence-electron chi connectivity index (χ3n) is 2.66. The molecule has 0 saturated carbocycles. The lowest BCUT2D eigenvalue weighted by atomic mass is 9.96. The second-order valence-electron chi connectivity index (χ2n) is 4.69. The van der Waals surface area contributed by atoms with Gasteiger partial charge in [0.2, 0.25) is 5.91 Å². The van der Waals surface area contributed by atoms with E-state index in [-0.39, 0.29) is 17.6 Å². The molecule has 0 radical (unpaired) electrons. The summed E-state index contributed by atoms with van der Waals surface area (Å²) in [4.78, 5) is 12.0. The Morgan fingerprint density at radius 2 is 2.17 bits per heavy atom. The van der Waals surface area contributed by atoms with Crippen molar-refractivity contribution in [1.29, 1.82) is 0 Å². The Morgan fingerprint density at radius 3 is 2.72 bits per heavy atom. The Hall–Kier alpha value is -1.07. The van der Waals surface area contributed by atoms with Crippen LogP contribution in [0.3, 0.4) is 0 Å². The summed E-state index contributed by atoms with van der Waals surface area (Å²) in [5, 5.41) is 12.5. The quantitative estimate of drug-likeness (QED) is 0.731. The molecule has 4 N–H and O–H groups in total. The first-order chi connectivity index (χ1) is 8.45. The zero-order chi connectivity index (χ0) is 13.7. The Kier molecular flexibility index (Phi) is 5.62. The molecule has 1 rings (SSSR count). The number of hydrogen-bond acceptors (Lipinski definition) is 3. The number of phenolic OH excluding ortho intramolecular Hbond substituents is 1. The average Bonchev–Trinajstić information content (AvgIpc) is 2.31. The minimum atomic E-state index is -0.233. The molecular weight excluding hydrogens is 296 g/mol. The van der Waals surface area contributed by atoms with Gasteiger partial charge in [-0.05, 0) is 40.4 Å². The zero-order valence-corrected chi connectivity index (χ0v) is 12.2. The molecule has 1 atom stereocenters. The molecule has 1 aromatic rings. The molecule has 0 aliphatic rings. The van der Waals surface area contributed by atoms with E-state index in [4.69, 9.17) is 5.73 Å². The van der Waals surface area contributed by atoms with Crippen LogP contribution in [0.5, 0.6) is 5.75 Å². The van der Waals surface area contributed by atoms with E-state index < -0.39 is 0 Å². The minimum Gasteiger partial charge on any atom is -0.505 e. The van der Waals surface area contributed by atoms with Crippen LogP contribution in [0.25, 0.3) is 0 Å². The summed E-state index contributed by atoms with van der Waals surface area (Å²) < 4.78 is 0.549. The van der Waals surface area contributed by atoms with Gasteiger partial charge in [-0.25, -0.2) is 0 Å². The number of phenols is 1. The molecule has 0 heterocycles. The van der Waals surface area contributed by atoms with E-state index in [1.165, 1.54) is 0 Å². The fourth-order valence-corrected chi connectivity index (χ4v) is 2.10. The number of halogens is 1. The van der Waals surface area contributed by atoms with Gasteiger partial charge in [0.15, 0.2) is 5.75 Å². The number of nitrogens with two attached hydrogens (primary N) is 1. The minimum absolute atomic E-state index is 0.0335. The molecule has 0 spiro atoms. The molecule has 1 unspecified atom stereocenters. The lowest BCUT2D eigenvalue weighted by Gasteiger charge is -2.17. The standard InChI is InChI=1S/C13H19BrN2O2/c1-8(2)6-9(7-15)13(18)16-11-5-3-4-10(14)12(11)17/h3-5,8-9,17H,6-7,15H2,1-2H3,(H,16,18). The van der Waals surface area contributed by atoms with Crippen molar-refractivity contribution >= 4 is 27.5 Å². The van der Waals surface area contributed by atoms with Crippen molar-refractivity contribution in [3.8, 4) is 5.75 Å². The summed E-state index contributed by atoms with van der Waals surface area (Å²) >= 11 is 3.20. The summed E-state index contributed by atoms with van der Waals surface area (Å²) in [5.41, 5.74) is 6.01. The number of aromatic hydroxyl groups is 1. The summed E-state index contributed by atoms with van der Waals surface area (Å²) in [6.07, 6.45) is 0.733. The number of benzene rings is 1. The second-order valence-corrected chi connectivity index (χ2v) is 5.54. The van der Waals surface area contributed by atoms with Crippen LogP contribution < -0.4 is 11.1 Å². The number of hydrogen-bond donors (Lipinski definition) is 3. The highest BCUT2D eigenvalue weighted by Gasteiger charge is 2.19. The molecule has 4 nitrogen and oxygen atoms in total. The number of anilines is 1. The first kappa shape index (κ1) is 15.0. The third kappa shape index (κ3) is 3.99. The van der Waals surface area contributed by atoms with E-state index in [2.05, 4.69) is 21.2 Å². The topological polar surface area (TPSA) is 75.4 Å². The maximum Gasteiger partial charge on any atom is 0.228 e. The number of nitrogens with one attached hydrogen (secondary N) is 1. The van der Waals surface area contributed by atoms with Gasteiger partial charge in [0.1, 0.15) is 0 Å². The summed E-state index contributed by atoms with van der Waals surface area (Å²) in [5.74, 6) is 0.0505. The van der Waals surface area contributed by atoms with Gasteiger partial charge in [0, 0.05) is 6.54 Å². The van der Waals surface area contributed by atoms with Gasteiger partial charge in [0.25, 0.3) is 0 Å². The van der Waals surface area contributed by atoms with E-state index in [0.717, 1.165) is 6.42 Å². The lowest BCUT2D eigenvalue weighted by molar-refractivity contribution is -0.120. The summed E-state index contributed by atoms with van der Waals surface area (Å²) in [6.45, 7) is 4.40. The van der Waals surface area contributed by atoms with Gasteiger partial charge in [-0.1, -0.05) is 19.9 Å². The fourth-order valence-electron chi connectivity index (χ4n) is 1.73. The molecule has 1 aromatic carbocycles. The van der Waals surface area contributed by atoms with Crippen LogP contribution in [0, 0.1) is 11.8 Å². The Labute approximate surface area is 116 Å². The predicted octanol–water partition coefficient (Wildman–Crippen LogP) is 2.71. The first-order valence-corrected chi connectivity index (χ1v) is 6.73. The number of carbonyl (C=O) groups excluding carboxylic acids is 1. The first-order valence-electron chi connectivity index (χ1n) is 5.94. The molecule has 0 saturated heterocycles. The van der Waals surface area contributed by atoms with Crippen molar-refractivity contribution in [2.75, 3.05) is 11.9 Å². The normalized spacial score (nSPS) is 12.5. The van der Waals surface area contributed by atoms with Gasteiger partial charge < -0.3 is 16.2 Å². The van der Waals surface area contributed by atoms with Gasteiger partial charge >= 0.3 is 0 Å². The second kappa shape index (κ2) is 6.75. The van der Waals surface area contributed by atoms with Crippen LogP contribution in [0.2, 0.25) is 0 Å². The molecular formula is C13H19BrN2O2. The van der Waals surface area contributed by atoms with E-state index in [0.29, 0.717) is 22.6 Å². The van der Waals surface area contributed by atoms with Crippen molar-refractivity contribution < 1.29 is 9.90 Å². The largest absolute Gasteiger partial charge is 0.505 e. The number of para-hydroxylation sites is 1. The van der Waals surface area contributed by atoms with Crippen LogP contribution in [-0.2, 0) is 4.79 Å². The molecule has 1 amide bonds. The molecule has 5 heteroatoms. The van der Waals surface area contributed by atoms with Gasteiger partial charge in [-0.3, -0.25) is 4.79 Å². The summed E-state index contributed by atoms with van der Waals surface area (Å²) in [6, 6.07) is 5.11. The highest BCUT2D eigenvalue weighted by atomic mass is 79.9. The number of rotatable bonds is 5. The maximum absolute atomic E-state index is 12.0. The van der Waals surface area contributed by atoms with Crippen LogP contribution in [0.15, 0.2) is 22.7 Å². The lowest BCUT2D eigenvalue weighted by Crippen LogP contribution is -2.30. The van der Waals surface area contributed by atoms with Crippen LogP contribution in [0.4, 0.5) is 5.69 Å². The average molecular weight is 315 g/mol. The van der Waals surface area contributed by atoms with Crippen molar-refractivity contribution in [3.63, 3.8) is 0 Å². The highest BCUT2D eigenvalue weighted by molar-refractivity contribution is 9.10. The van der Waals surface area contributed by atoms with Crippen molar-refractivity contribution in [3.05, 3.63) is 22.7 Å². The molecule has 0 bridgehead atoms. The Balaban J connectivity index is 2.77. The van der Waals surface area contributed by atoms with E-state index in [9.17, 15) is 9.90 Å². The molecule has 18 heavy (non-hydrogen) atoms. The van der Waals surface area contributed by atoms with E-state index >= 15 is 0 Å². The van der Waals surface area contributed by atoms with E-state index in [1.54, 1.807) is 18.2 Å². The molecule has 0 aliphatic heterocycles. The highest BCUT2D eigenvalue weighted by Crippen LogP contribution is 2.31. The zero-order valence-electron chi connectivity index (χ0n) is 10.6. The third-order valence-corrected chi connectivity index (χ3v) is 3.30. The van der Waals surface area contributed by atoms with E-state index in [1.807, 2.05) is 13.8 Å². The molecule has 0 fully saturated rings. The Morgan fingerprint density at radius 1 is 1.50 bits per heavy atom. The molecule has 100 valence electrons. The summed E-state index contributed by atoms with van der Waals surface area (Å²) in [7, 11) is 0. The van der Waals surface area contributed by atoms with Gasteiger partial charge in [0.05, 0.1) is 16.1 Å². The fraction of sp³-hybridized carbons (Fsp3) is 0.462. The Bertz CT molecular complexity index is 421.